The van der Waals surface area contributed by atoms with Gasteiger partial charge in [-0.2, -0.15) is 0 Å². The molecule has 1 aliphatic carbocycles. The van der Waals surface area contributed by atoms with Gasteiger partial charge in [0.15, 0.2) is 0 Å². The third-order valence-corrected chi connectivity index (χ3v) is 4.12. The average Bonchev–Trinajstić information content (AvgIpc) is 3.31. The second kappa shape index (κ2) is 5.94. The summed E-state index contributed by atoms with van der Waals surface area (Å²) < 4.78 is 26.1. The van der Waals surface area contributed by atoms with Crippen LogP contribution in [-0.4, -0.2) is 0 Å². The van der Waals surface area contributed by atoms with Gasteiger partial charge in [0, 0.05) is 12.1 Å². The molecule has 1 nitrogen and oxygen atoms in total. The first-order valence-corrected chi connectivity index (χ1v) is 7.40. The van der Waals surface area contributed by atoms with Gasteiger partial charge in [0.2, 0.25) is 0 Å². The maximum absolute atomic E-state index is 13.1. The topological polar surface area (TPSA) is 12.0 Å². The van der Waals surface area contributed by atoms with Crippen LogP contribution in [0.3, 0.4) is 0 Å². The lowest BCUT2D eigenvalue weighted by atomic mass is 9.99. The molecule has 2 aromatic carbocycles. The summed E-state index contributed by atoms with van der Waals surface area (Å²) in [5, 5.41) is 3.61. The zero-order valence-electron chi connectivity index (χ0n) is 12.0. The van der Waals surface area contributed by atoms with Crippen LogP contribution in [0, 0.1) is 17.6 Å². The average molecular weight is 287 g/mol. The van der Waals surface area contributed by atoms with E-state index >= 15 is 0 Å². The van der Waals surface area contributed by atoms with E-state index in [1.54, 1.807) is 0 Å². The number of halogens is 2. The van der Waals surface area contributed by atoms with Gasteiger partial charge < -0.3 is 5.32 Å². The molecule has 0 bridgehead atoms. The van der Waals surface area contributed by atoms with E-state index in [0.29, 0.717) is 5.92 Å². The maximum atomic E-state index is 13.1. The molecule has 0 radical (unpaired) electrons. The first-order chi connectivity index (χ1) is 10.1. The maximum Gasteiger partial charge on any atom is 0.123 e. The Labute approximate surface area is 124 Å². The van der Waals surface area contributed by atoms with Gasteiger partial charge in [0.05, 0.1) is 0 Å². The van der Waals surface area contributed by atoms with Gasteiger partial charge in [-0.25, -0.2) is 8.78 Å². The summed E-state index contributed by atoms with van der Waals surface area (Å²) in [6.45, 7) is 2.08. The van der Waals surface area contributed by atoms with E-state index in [1.165, 1.54) is 37.1 Å². The molecule has 0 heterocycles. The van der Waals surface area contributed by atoms with Crippen molar-refractivity contribution < 1.29 is 8.78 Å². The van der Waals surface area contributed by atoms with Gasteiger partial charge in [-0.05, 0) is 61.1 Å². The molecule has 0 aromatic heterocycles. The SMILES string of the molecule is C[C@@H](NC(c1ccc(F)cc1)C1CC1)c1ccc(F)cc1. The Bertz CT molecular complexity index is 588. The molecule has 3 rings (SSSR count). The van der Waals surface area contributed by atoms with Crippen LogP contribution in [0.5, 0.6) is 0 Å². The molecule has 110 valence electrons. The van der Waals surface area contributed by atoms with E-state index in [1.807, 2.05) is 24.3 Å². The van der Waals surface area contributed by atoms with Crippen molar-refractivity contribution in [1.29, 1.82) is 0 Å². The first-order valence-electron chi connectivity index (χ1n) is 7.40. The first kappa shape index (κ1) is 14.2. The Morgan fingerprint density at radius 2 is 1.33 bits per heavy atom. The predicted octanol–water partition coefficient (Wildman–Crippen LogP) is 4.77. The molecule has 1 unspecified atom stereocenters. The van der Waals surface area contributed by atoms with Crippen molar-refractivity contribution >= 4 is 0 Å². The third-order valence-electron chi connectivity index (χ3n) is 4.12. The molecule has 0 spiro atoms. The Morgan fingerprint density at radius 3 is 1.81 bits per heavy atom. The summed E-state index contributed by atoms with van der Waals surface area (Å²) in [7, 11) is 0. The van der Waals surface area contributed by atoms with Crippen LogP contribution in [-0.2, 0) is 0 Å². The van der Waals surface area contributed by atoms with Gasteiger partial charge in [-0.15, -0.1) is 0 Å². The lowest BCUT2D eigenvalue weighted by Gasteiger charge is -2.24. The number of hydrogen-bond acceptors (Lipinski definition) is 1. The zero-order valence-corrected chi connectivity index (χ0v) is 12.0. The van der Waals surface area contributed by atoms with Crippen molar-refractivity contribution in [2.75, 3.05) is 0 Å². The number of rotatable bonds is 5. The Balaban J connectivity index is 1.76. The normalized spacial score (nSPS) is 17.5. The van der Waals surface area contributed by atoms with Gasteiger partial charge in [-0.3, -0.25) is 0 Å². The fourth-order valence-corrected chi connectivity index (χ4v) is 2.72. The Hall–Kier alpha value is -1.74. The van der Waals surface area contributed by atoms with Crippen molar-refractivity contribution in [1.82, 2.24) is 5.32 Å². The van der Waals surface area contributed by atoms with E-state index in [0.717, 1.165) is 11.1 Å². The van der Waals surface area contributed by atoms with Crippen LogP contribution >= 0.6 is 0 Å². The highest BCUT2D eigenvalue weighted by Crippen LogP contribution is 2.42. The monoisotopic (exact) mass is 287 g/mol. The molecular weight excluding hydrogens is 268 g/mol. The molecule has 1 aliphatic rings. The quantitative estimate of drug-likeness (QED) is 0.835. The summed E-state index contributed by atoms with van der Waals surface area (Å²) >= 11 is 0. The summed E-state index contributed by atoms with van der Waals surface area (Å²) in [6.07, 6.45) is 2.40. The molecule has 1 saturated carbocycles. The molecule has 3 heteroatoms. The predicted molar refractivity (Wildman–Crippen MR) is 79.8 cm³/mol. The fourth-order valence-electron chi connectivity index (χ4n) is 2.72. The van der Waals surface area contributed by atoms with E-state index in [9.17, 15) is 8.78 Å². The second-order valence-corrected chi connectivity index (χ2v) is 5.81. The van der Waals surface area contributed by atoms with Crippen LogP contribution in [0.4, 0.5) is 8.78 Å². The van der Waals surface area contributed by atoms with Crippen molar-refractivity contribution in [3.8, 4) is 0 Å². The Morgan fingerprint density at radius 1 is 0.857 bits per heavy atom. The molecule has 0 amide bonds. The molecule has 1 fully saturated rings. The highest BCUT2D eigenvalue weighted by Gasteiger charge is 2.33. The number of nitrogens with one attached hydrogen (secondary N) is 1. The van der Waals surface area contributed by atoms with Crippen LogP contribution in [0.1, 0.15) is 43.0 Å². The number of hydrogen-bond donors (Lipinski definition) is 1. The lowest BCUT2D eigenvalue weighted by Crippen LogP contribution is -2.26. The highest BCUT2D eigenvalue weighted by molar-refractivity contribution is 5.24. The van der Waals surface area contributed by atoms with E-state index in [-0.39, 0.29) is 23.7 Å². The zero-order chi connectivity index (χ0) is 14.8. The van der Waals surface area contributed by atoms with Crippen LogP contribution < -0.4 is 5.32 Å². The summed E-state index contributed by atoms with van der Waals surface area (Å²) in [6, 6.07) is 13.7. The van der Waals surface area contributed by atoms with Crippen molar-refractivity contribution in [3.05, 3.63) is 71.3 Å². The van der Waals surface area contributed by atoms with Crippen molar-refractivity contribution in [2.45, 2.75) is 31.8 Å². The number of benzene rings is 2. The summed E-state index contributed by atoms with van der Waals surface area (Å²) in [5.41, 5.74) is 2.18. The van der Waals surface area contributed by atoms with E-state index in [2.05, 4.69) is 12.2 Å². The van der Waals surface area contributed by atoms with E-state index < -0.39 is 0 Å². The molecule has 21 heavy (non-hydrogen) atoms. The third kappa shape index (κ3) is 3.48. The van der Waals surface area contributed by atoms with Crippen LogP contribution in [0.2, 0.25) is 0 Å². The highest BCUT2D eigenvalue weighted by atomic mass is 19.1. The Kier molecular flexibility index (Phi) is 4.02. The summed E-state index contributed by atoms with van der Waals surface area (Å²) in [4.78, 5) is 0. The van der Waals surface area contributed by atoms with Crippen LogP contribution in [0.25, 0.3) is 0 Å². The standard InChI is InChI=1S/C18H19F2N/c1-12(13-4-8-16(19)9-5-13)21-18(14-2-3-14)15-6-10-17(20)11-7-15/h4-12,14,18,21H,2-3H2,1H3/t12-,18?/m1/s1. The minimum atomic E-state index is -0.219. The molecule has 2 atom stereocenters. The lowest BCUT2D eigenvalue weighted by molar-refractivity contribution is 0.426. The van der Waals surface area contributed by atoms with Crippen LogP contribution in [0.15, 0.2) is 48.5 Å². The fraction of sp³-hybridized carbons (Fsp3) is 0.333. The molecule has 0 aliphatic heterocycles. The molecule has 1 N–H and O–H groups in total. The van der Waals surface area contributed by atoms with Gasteiger partial charge >= 0.3 is 0 Å². The second-order valence-electron chi connectivity index (χ2n) is 5.81. The minimum Gasteiger partial charge on any atom is -0.303 e. The van der Waals surface area contributed by atoms with E-state index in [4.69, 9.17) is 0 Å². The van der Waals surface area contributed by atoms with Crippen molar-refractivity contribution in [3.63, 3.8) is 0 Å². The molecule has 2 aromatic rings. The van der Waals surface area contributed by atoms with Gasteiger partial charge in [0.1, 0.15) is 11.6 Å². The largest absolute Gasteiger partial charge is 0.303 e. The molecular formula is C18H19F2N. The van der Waals surface area contributed by atoms with Gasteiger partial charge in [0.25, 0.3) is 0 Å². The van der Waals surface area contributed by atoms with Crippen molar-refractivity contribution in [2.24, 2.45) is 5.92 Å². The minimum absolute atomic E-state index is 0.126. The summed E-state index contributed by atoms with van der Waals surface area (Å²) in [5.74, 6) is 0.182. The smallest absolute Gasteiger partial charge is 0.123 e. The van der Waals surface area contributed by atoms with Gasteiger partial charge in [-0.1, -0.05) is 24.3 Å². The molecule has 0 saturated heterocycles.